The van der Waals surface area contributed by atoms with Gasteiger partial charge in [0.15, 0.2) is 0 Å². The maximum absolute atomic E-state index is 5.79. The van der Waals surface area contributed by atoms with Crippen LogP contribution in [0.5, 0.6) is 5.75 Å². The molecule has 0 saturated carbocycles. The molecule has 1 fully saturated rings. The van der Waals surface area contributed by atoms with E-state index in [1.165, 1.54) is 37.9 Å². The summed E-state index contributed by atoms with van der Waals surface area (Å²) in [4.78, 5) is 2.43. The molecule has 2 unspecified atom stereocenters. The minimum Gasteiger partial charge on any atom is -0.491 e. The van der Waals surface area contributed by atoms with Gasteiger partial charge in [0, 0.05) is 12.1 Å². The number of hydrogen-bond donors (Lipinski definition) is 1. The van der Waals surface area contributed by atoms with Gasteiger partial charge >= 0.3 is 0 Å². The summed E-state index contributed by atoms with van der Waals surface area (Å²) in [6, 6.07) is 9.48. The number of nitrogens with zero attached hydrogens (tertiary/aromatic N) is 1. The van der Waals surface area contributed by atoms with Gasteiger partial charge < -0.3 is 15.0 Å². The molecule has 1 N–H and O–H groups in total. The van der Waals surface area contributed by atoms with Crippen molar-refractivity contribution in [3.63, 3.8) is 0 Å². The molecule has 3 nitrogen and oxygen atoms in total. The van der Waals surface area contributed by atoms with Crippen LogP contribution in [-0.2, 0) is 0 Å². The average molecular weight is 290 g/mol. The van der Waals surface area contributed by atoms with E-state index < -0.39 is 0 Å². The van der Waals surface area contributed by atoms with Crippen LogP contribution < -0.4 is 10.1 Å². The highest BCUT2D eigenvalue weighted by atomic mass is 16.5. The second-order valence-electron chi connectivity index (χ2n) is 6.56. The summed E-state index contributed by atoms with van der Waals surface area (Å²) < 4.78 is 5.79. The zero-order valence-electron chi connectivity index (χ0n) is 13.9. The third-order valence-electron chi connectivity index (χ3n) is 4.17. The molecule has 0 spiro atoms. The summed E-state index contributed by atoms with van der Waals surface area (Å²) in [6.07, 6.45) is 4.03. The fourth-order valence-electron chi connectivity index (χ4n) is 2.99. The fraction of sp³-hybridized carbons (Fsp3) is 0.667. The van der Waals surface area contributed by atoms with Gasteiger partial charge in [-0.2, -0.15) is 0 Å². The molecule has 1 saturated heterocycles. The van der Waals surface area contributed by atoms with Crippen molar-refractivity contribution in [2.45, 2.75) is 58.2 Å². The van der Waals surface area contributed by atoms with E-state index in [2.05, 4.69) is 56.2 Å². The van der Waals surface area contributed by atoms with Crippen LogP contribution in [0.2, 0.25) is 0 Å². The van der Waals surface area contributed by atoms with Crippen LogP contribution in [-0.4, -0.2) is 37.2 Å². The smallest absolute Gasteiger partial charge is 0.120 e. The van der Waals surface area contributed by atoms with Gasteiger partial charge in [-0.15, -0.1) is 0 Å². The standard InChI is InChI=1S/C18H30N2O/c1-14(2)21-18-9-5-7-16(13-18)15(3)19-17-8-6-11-20(4)12-10-17/h5,7,9,13-15,17,19H,6,8,10-12H2,1-4H3. The molecule has 0 aromatic heterocycles. The van der Waals surface area contributed by atoms with Crippen molar-refractivity contribution in [3.8, 4) is 5.75 Å². The van der Waals surface area contributed by atoms with Crippen molar-refractivity contribution in [2.24, 2.45) is 0 Å². The molecule has 0 aliphatic carbocycles. The average Bonchev–Trinajstić information content (AvgIpc) is 2.63. The Morgan fingerprint density at radius 2 is 2.00 bits per heavy atom. The van der Waals surface area contributed by atoms with Crippen molar-refractivity contribution < 1.29 is 4.74 Å². The van der Waals surface area contributed by atoms with E-state index in [1.54, 1.807) is 0 Å². The highest BCUT2D eigenvalue weighted by Gasteiger charge is 2.17. The lowest BCUT2D eigenvalue weighted by Gasteiger charge is -2.23. The molecule has 0 radical (unpaired) electrons. The first-order valence-corrected chi connectivity index (χ1v) is 8.26. The molecular formula is C18H30N2O. The van der Waals surface area contributed by atoms with Crippen LogP contribution in [0, 0.1) is 0 Å². The Bertz CT molecular complexity index is 433. The number of ether oxygens (including phenoxy) is 1. The first-order chi connectivity index (χ1) is 10.0. The van der Waals surface area contributed by atoms with E-state index in [0.29, 0.717) is 12.1 Å². The third-order valence-corrected chi connectivity index (χ3v) is 4.17. The summed E-state index contributed by atoms with van der Waals surface area (Å²) in [5.74, 6) is 0.969. The zero-order valence-corrected chi connectivity index (χ0v) is 13.9. The topological polar surface area (TPSA) is 24.5 Å². The van der Waals surface area contributed by atoms with Crippen LogP contribution in [0.25, 0.3) is 0 Å². The van der Waals surface area contributed by atoms with Gasteiger partial charge in [0.2, 0.25) is 0 Å². The Balaban J connectivity index is 1.94. The normalized spacial score (nSPS) is 22.0. The molecule has 1 aliphatic rings. The molecule has 2 rings (SSSR count). The maximum Gasteiger partial charge on any atom is 0.120 e. The van der Waals surface area contributed by atoms with Gasteiger partial charge in [0.25, 0.3) is 0 Å². The van der Waals surface area contributed by atoms with Crippen molar-refractivity contribution in [3.05, 3.63) is 29.8 Å². The van der Waals surface area contributed by atoms with Gasteiger partial charge in [0.05, 0.1) is 6.10 Å². The third kappa shape index (κ3) is 5.33. The highest BCUT2D eigenvalue weighted by molar-refractivity contribution is 5.30. The zero-order chi connectivity index (χ0) is 15.2. The first-order valence-electron chi connectivity index (χ1n) is 8.26. The second-order valence-corrected chi connectivity index (χ2v) is 6.56. The summed E-state index contributed by atoms with van der Waals surface area (Å²) in [6.45, 7) is 8.81. The summed E-state index contributed by atoms with van der Waals surface area (Å²) in [5, 5.41) is 3.79. The van der Waals surface area contributed by atoms with Crippen molar-refractivity contribution in [1.29, 1.82) is 0 Å². The SMILES string of the molecule is CC(C)Oc1cccc(C(C)NC2CCCN(C)CC2)c1. The van der Waals surface area contributed by atoms with E-state index >= 15 is 0 Å². The number of hydrogen-bond acceptors (Lipinski definition) is 3. The lowest BCUT2D eigenvalue weighted by Crippen LogP contribution is -2.32. The molecular weight excluding hydrogens is 260 g/mol. The molecule has 1 aliphatic heterocycles. The maximum atomic E-state index is 5.79. The van der Waals surface area contributed by atoms with E-state index in [-0.39, 0.29) is 6.10 Å². The predicted octanol–water partition coefficient (Wildman–Crippen LogP) is 3.61. The second kappa shape index (κ2) is 7.81. The summed E-state index contributed by atoms with van der Waals surface area (Å²) >= 11 is 0. The monoisotopic (exact) mass is 290 g/mol. The Kier molecular flexibility index (Phi) is 6.07. The summed E-state index contributed by atoms with van der Waals surface area (Å²) in [7, 11) is 2.22. The number of nitrogens with one attached hydrogen (secondary N) is 1. The van der Waals surface area contributed by atoms with Gasteiger partial charge in [0.1, 0.15) is 5.75 Å². The fourth-order valence-corrected chi connectivity index (χ4v) is 2.99. The minimum absolute atomic E-state index is 0.223. The van der Waals surface area contributed by atoms with Gasteiger partial charge in [-0.1, -0.05) is 12.1 Å². The molecule has 1 heterocycles. The lowest BCUT2D eigenvalue weighted by atomic mass is 10.0. The van der Waals surface area contributed by atoms with Crippen LogP contribution in [0.4, 0.5) is 0 Å². The molecule has 0 bridgehead atoms. The van der Waals surface area contributed by atoms with Crippen molar-refractivity contribution in [1.82, 2.24) is 10.2 Å². The lowest BCUT2D eigenvalue weighted by molar-refractivity contribution is 0.242. The molecule has 1 aromatic carbocycles. The van der Waals surface area contributed by atoms with Gasteiger partial charge in [-0.05, 0) is 77.9 Å². The van der Waals surface area contributed by atoms with Crippen molar-refractivity contribution >= 4 is 0 Å². The van der Waals surface area contributed by atoms with E-state index in [9.17, 15) is 0 Å². The molecule has 2 atom stereocenters. The molecule has 1 aromatic rings. The Morgan fingerprint density at radius 1 is 1.19 bits per heavy atom. The Labute approximate surface area is 129 Å². The van der Waals surface area contributed by atoms with E-state index in [1.807, 2.05) is 6.07 Å². The largest absolute Gasteiger partial charge is 0.491 e. The predicted molar refractivity (Wildman–Crippen MR) is 88.9 cm³/mol. The first kappa shape index (κ1) is 16.3. The van der Waals surface area contributed by atoms with Crippen LogP contribution in [0.15, 0.2) is 24.3 Å². The van der Waals surface area contributed by atoms with E-state index in [0.717, 1.165) is 5.75 Å². The number of likely N-dealkylation sites (tertiary alicyclic amines) is 1. The number of benzene rings is 1. The Morgan fingerprint density at radius 3 is 2.76 bits per heavy atom. The van der Waals surface area contributed by atoms with Crippen LogP contribution >= 0.6 is 0 Å². The molecule has 0 amide bonds. The molecule has 21 heavy (non-hydrogen) atoms. The van der Waals surface area contributed by atoms with Gasteiger partial charge in [-0.3, -0.25) is 0 Å². The van der Waals surface area contributed by atoms with E-state index in [4.69, 9.17) is 4.74 Å². The molecule has 3 heteroatoms. The minimum atomic E-state index is 0.223. The van der Waals surface area contributed by atoms with Crippen LogP contribution in [0.1, 0.15) is 51.6 Å². The number of rotatable bonds is 5. The molecule has 118 valence electrons. The van der Waals surface area contributed by atoms with Crippen LogP contribution in [0.3, 0.4) is 0 Å². The van der Waals surface area contributed by atoms with Crippen molar-refractivity contribution in [2.75, 3.05) is 20.1 Å². The summed E-state index contributed by atoms with van der Waals surface area (Å²) in [5.41, 5.74) is 1.31. The highest BCUT2D eigenvalue weighted by Crippen LogP contribution is 2.22. The Hall–Kier alpha value is -1.06. The van der Waals surface area contributed by atoms with Gasteiger partial charge in [-0.25, -0.2) is 0 Å². The quantitative estimate of drug-likeness (QED) is 0.896.